The van der Waals surface area contributed by atoms with E-state index in [2.05, 4.69) is 39.2 Å². The van der Waals surface area contributed by atoms with Crippen molar-refractivity contribution in [2.45, 2.75) is 53.0 Å². The highest BCUT2D eigenvalue weighted by Gasteiger charge is 2.29. The van der Waals surface area contributed by atoms with Gasteiger partial charge in [0.2, 0.25) is 0 Å². The fourth-order valence-corrected chi connectivity index (χ4v) is 3.57. The zero-order chi connectivity index (χ0) is 19.3. The van der Waals surface area contributed by atoms with Crippen LogP contribution in [0.25, 0.3) is 0 Å². The summed E-state index contributed by atoms with van der Waals surface area (Å²) in [4.78, 5) is 16.9. The fraction of sp³-hybridized carbons (Fsp3) is 0.500. The zero-order valence-electron chi connectivity index (χ0n) is 16.7. The minimum absolute atomic E-state index is 0.0570. The molecular formula is C22H33N3O. The molecule has 0 aliphatic carbocycles. The van der Waals surface area contributed by atoms with Crippen LogP contribution >= 0.6 is 0 Å². The average molecular weight is 356 g/mol. The Morgan fingerprint density at radius 1 is 1.42 bits per heavy atom. The van der Waals surface area contributed by atoms with E-state index < -0.39 is 0 Å². The second-order valence-corrected chi connectivity index (χ2v) is 8.25. The number of likely N-dealkylation sites (tertiary alicyclic amines) is 1. The molecule has 2 rings (SSSR count). The Kier molecular flexibility index (Phi) is 6.52. The maximum Gasteiger partial charge on any atom is 0.270 e. The molecule has 0 bridgehead atoms. The maximum absolute atomic E-state index is 13.1. The van der Waals surface area contributed by atoms with E-state index in [1.165, 1.54) is 0 Å². The van der Waals surface area contributed by atoms with Gasteiger partial charge in [0.15, 0.2) is 0 Å². The molecule has 1 saturated heterocycles. The summed E-state index contributed by atoms with van der Waals surface area (Å²) in [5.41, 5.74) is 2.89. The number of hydrogen-bond acceptors (Lipinski definition) is 3. The van der Waals surface area contributed by atoms with Gasteiger partial charge in [-0.3, -0.25) is 4.79 Å². The van der Waals surface area contributed by atoms with Gasteiger partial charge in [0.25, 0.3) is 5.91 Å². The van der Waals surface area contributed by atoms with E-state index in [9.17, 15) is 4.79 Å². The minimum Gasteiger partial charge on any atom is -0.384 e. The van der Waals surface area contributed by atoms with E-state index >= 15 is 0 Å². The molecule has 0 spiro atoms. The first-order valence-electron chi connectivity index (χ1n) is 9.45. The monoisotopic (exact) mass is 355 g/mol. The summed E-state index contributed by atoms with van der Waals surface area (Å²) >= 11 is 0. The van der Waals surface area contributed by atoms with Crippen molar-refractivity contribution in [1.82, 2.24) is 15.1 Å². The van der Waals surface area contributed by atoms with Gasteiger partial charge in [-0.1, -0.05) is 46.1 Å². The van der Waals surface area contributed by atoms with Gasteiger partial charge in [0.1, 0.15) is 5.70 Å². The van der Waals surface area contributed by atoms with Gasteiger partial charge in [0.05, 0.1) is 0 Å². The number of nitrogens with zero attached hydrogens (tertiary/aromatic N) is 2. The van der Waals surface area contributed by atoms with Crippen LogP contribution in [0.2, 0.25) is 0 Å². The molecule has 0 aromatic rings. The predicted molar refractivity (Wildman–Crippen MR) is 109 cm³/mol. The lowest BCUT2D eigenvalue weighted by atomic mass is 9.90. The second-order valence-electron chi connectivity index (χ2n) is 8.25. The van der Waals surface area contributed by atoms with E-state index in [0.29, 0.717) is 12.2 Å². The summed E-state index contributed by atoms with van der Waals surface area (Å²) in [6.45, 7) is 18.1. The van der Waals surface area contributed by atoms with Crippen LogP contribution in [0.3, 0.4) is 0 Å². The lowest BCUT2D eigenvalue weighted by molar-refractivity contribution is -0.129. The van der Waals surface area contributed by atoms with Crippen molar-refractivity contribution in [3.63, 3.8) is 0 Å². The normalized spacial score (nSPS) is 22.2. The SMILES string of the molecule is C=CN1C(C(=O)N2CCC[C@H](NC(=C)CC(C)(C)C)C2)=CC=C/C1=C/C. The van der Waals surface area contributed by atoms with Gasteiger partial charge in [-0.2, -0.15) is 0 Å². The largest absolute Gasteiger partial charge is 0.384 e. The Balaban J connectivity index is 2.03. The number of hydrogen-bond donors (Lipinski definition) is 1. The number of rotatable bonds is 5. The van der Waals surface area contributed by atoms with Gasteiger partial charge >= 0.3 is 0 Å². The number of nitrogens with one attached hydrogen (secondary N) is 1. The van der Waals surface area contributed by atoms with E-state index in [4.69, 9.17) is 0 Å². The molecule has 0 aromatic carbocycles. The molecule has 1 amide bonds. The van der Waals surface area contributed by atoms with Gasteiger partial charge in [-0.15, -0.1) is 0 Å². The van der Waals surface area contributed by atoms with Gasteiger partial charge in [0, 0.05) is 36.7 Å². The van der Waals surface area contributed by atoms with Crippen LogP contribution in [0.15, 0.2) is 60.8 Å². The average Bonchev–Trinajstić information content (AvgIpc) is 2.58. The Morgan fingerprint density at radius 2 is 2.15 bits per heavy atom. The summed E-state index contributed by atoms with van der Waals surface area (Å²) in [6.07, 6.45) is 12.5. The van der Waals surface area contributed by atoms with E-state index in [1.807, 2.05) is 41.0 Å². The molecule has 0 aromatic heterocycles. The van der Waals surface area contributed by atoms with Crippen LogP contribution in [0, 0.1) is 5.41 Å². The van der Waals surface area contributed by atoms with Gasteiger partial charge in [-0.25, -0.2) is 0 Å². The lowest BCUT2D eigenvalue weighted by Crippen LogP contribution is -2.49. The topological polar surface area (TPSA) is 35.6 Å². The quantitative estimate of drug-likeness (QED) is 0.798. The lowest BCUT2D eigenvalue weighted by Gasteiger charge is -2.37. The number of piperidine rings is 1. The Bertz CT molecular complexity index is 649. The smallest absolute Gasteiger partial charge is 0.270 e. The maximum atomic E-state index is 13.1. The summed E-state index contributed by atoms with van der Waals surface area (Å²) < 4.78 is 0. The molecule has 0 unspecified atom stereocenters. The fourth-order valence-electron chi connectivity index (χ4n) is 3.57. The van der Waals surface area contributed by atoms with Gasteiger partial charge < -0.3 is 15.1 Å². The summed E-state index contributed by atoms with van der Waals surface area (Å²) in [5.74, 6) is 0.0570. The van der Waals surface area contributed by atoms with E-state index in [1.54, 1.807) is 6.20 Å². The summed E-state index contributed by atoms with van der Waals surface area (Å²) in [7, 11) is 0. The van der Waals surface area contributed by atoms with Crippen molar-refractivity contribution in [3.05, 3.63) is 60.8 Å². The molecule has 0 radical (unpaired) electrons. The second kappa shape index (κ2) is 8.43. The standard InChI is InChI=1S/C22H33N3O/c1-7-19-12-9-13-20(25(19)8-2)21(26)24-14-10-11-18(16-24)23-17(3)15-22(4,5)6/h7-9,12-13,18,23H,2-3,10-11,14-16H2,1,4-6H3/b19-7-/t18-/m0/s1. The van der Waals surface area contributed by atoms with Crippen molar-refractivity contribution >= 4 is 5.91 Å². The summed E-state index contributed by atoms with van der Waals surface area (Å²) in [6, 6.07) is 0.264. The molecule has 1 N–H and O–H groups in total. The molecule has 4 nitrogen and oxygen atoms in total. The number of amides is 1. The molecule has 2 heterocycles. The third-order valence-corrected chi connectivity index (χ3v) is 4.62. The van der Waals surface area contributed by atoms with Crippen LogP contribution in [-0.2, 0) is 4.79 Å². The summed E-state index contributed by atoms with van der Waals surface area (Å²) in [5, 5.41) is 3.54. The van der Waals surface area contributed by atoms with Crippen LogP contribution in [0.5, 0.6) is 0 Å². The zero-order valence-corrected chi connectivity index (χ0v) is 16.7. The van der Waals surface area contributed by atoms with Crippen LogP contribution in [0.1, 0.15) is 47.0 Å². The molecular weight excluding hydrogens is 322 g/mol. The number of carbonyl (C=O) groups excluding carboxylic acids is 1. The van der Waals surface area contributed by atoms with Crippen LogP contribution < -0.4 is 5.32 Å². The highest BCUT2D eigenvalue weighted by molar-refractivity contribution is 5.94. The minimum atomic E-state index is 0.0570. The van der Waals surface area contributed by atoms with Crippen LogP contribution in [0.4, 0.5) is 0 Å². The highest BCUT2D eigenvalue weighted by atomic mass is 16.2. The van der Waals surface area contributed by atoms with E-state index in [-0.39, 0.29) is 17.4 Å². The Labute approximate surface area is 158 Å². The molecule has 0 saturated carbocycles. The molecule has 142 valence electrons. The third-order valence-electron chi connectivity index (χ3n) is 4.62. The highest BCUT2D eigenvalue weighted by Crippen LogP contribution is 2.25. The predicted octanol–water partition coefficient (Wildman–Crippen LogP) is 4.32. The number of allylic oxidation sites excluding steroid dienone is 5. The molecule has 4 heteroatoms. The van der Waals surface area contributed by atoms with E-state index in [0.717, 1.165) is 37.2 Å². The van der Waals surface area contributed by atoms with Crippen molar-refractivity contribution in [2.75, 3.05) is 13.1 Å². The first-order chi connectivity index (χ1) is 12.2. The molecule has 26 heavy (non-hydrogen) atoms. The first kappa shape index (κ1) is 20.1. The molecule has 2 aliphatic rings. The number of carbonyl (C=O) groups is 1. The molecule has 1 fully saturated rings. The van der Waals surface area contributed by atoms with Crippen LogP contribution in [-0.4, -0.2) is 34.8 Å². The van der Waals surface area contributed by atoms with Crippen molar-refractivity contribution in [3.8, 4) is 0 Å². The molecule has 1 atom stereocenters. The van der Waals surface area contributed by atoms with Crippen molar-refractivity contribution in [2.24, 2.45) is 5.41 Å². The molecule has 2 aliphatic heterocycles. The van der Waals surface area contributed by atoms with Crippen molar-refractivity contribution < 1.29 is 4.79 Å². The Hall–Kier alpha value is -2.23. The first-order valence-corrected chi connectivity index (χ1v) is 9.45. The van der Waals surface area contributed by atoms with Gasteiger partial charge in [-0.05, 0) is 43.8 Å². The van der Waals surface area contributed by atoms with Crippen molar-refractivity contribution in [1.29, 1.82) is 0 Å². The Morgan fingerprint density at radius 3 is 2.77 bits per heavy atom. The third kappa shape index (κ3) is 5.13.